The summed E-state index contributed by atoms with van der Waals surface area (Å²) in [6.45, 7) is 4.39. The summed E-state index contributed by atoms with van der Waals surface area (Å²) in [4.78, 5) is 26.3. The summed E-state index contributed by atoms with van der Waals surface area (Å²) in [6, 6.07) is 3.49. The molecule has 6 heteroatoms. The van der Waals surface area contributed by atoms with E-state index in [1.807, 2.05) is 24.0 Å². The number of aliphatic hydroxyl groups is 1. The highest BCUT2D eigenvalue weighted by molar-refractivity contribution is 7.13. The van der Waals surface area contributed by atoms with Crippen LogP contribution in [0.4, 0.5) is 0 Å². The summed E-state index contributed by atoms with van der Waals surface area (Å²) in [5.41, 5.74) is 0. The number of carbonyl (C=O) groups is 2. The molecule has 1 amide bonds. The predicted octanol–water partition coefficient (Wildman–Crippen LogP) is 3.34. The van der Waals surface area contributed by atoms with Crippen molar-refractivity contribution in [2.45, 2.75) is 58.1 Å². The van der Waals surface area contributed by atoms with Crippen molar-refractivity contribution >= 4 is 23.2 Å². The molecular formula is C21H27NO4S. The first-order valence-corrected chi connectivity index (χ1v) is 10.1. The number of hydrogen-bond acceptors (Lipinski definition) is 4. The van der Waals surface area contributed by atoms with Crippen LogP contribution in [0.5, 0.6) is 0 Å². The summed E-state index contributed by atoms with van der Waals surface area (Å²) >= 11 is 1.29. The quantitative estimate of drug-likeness (QED) is 0.502. The van der Waals surface area contributed by atoms with Crippen molar-refractivity contribution in [2.24, 2.45) is 5.92 Å². The van der Waals surface area contributed by atoms with Crippen molar-refractivity contribution in [2.75, 3.05) is 6.54 Å². The lowest BCUT2D eigenvalue weighted by Gasteiger charge is -2.23. The number of nitrogens with zero attached hydrogens (tertiary/aromatic N) is 1. The van der Waals surface area contributed by atoms with Gasteiger partial charge in [-0.05, 0) is 44.2 Å². The minimum Gasteiger partial charge on any atom is -0.477 e. The maximum absolute atomic E-state index is 12.2. The van der Waals surface area contributed by atoms with E-state index in [1.54, 1.807) is 19.1 Å². The Hall–Kier alpha value is -2.10. The molecule has 27 heavy (non-hydrogen) atoms. The molecule has 2 heterocycles. The van der Waals surface area contributed by atoms with E-state index in [1.165, 1.54) is 11.3 Å². The average Bonchev–Trinajstić information content (AvgIpc) is 3.25. The zero-order chi connectivity index (χ0) is 19.8. The first kappa shape index (κ1) is 21.2. The molecule has 5 nitrogen and oxygen atoms in total. The second-order valence-electron chi connectivity index (χ2n) is 6.85. The number of amides is 1. The van der Waals surface area contributed by atoms with E-state index in [-0.39, 0.29) is 17.9 Å². The molecule has 0 aliphatic carbocycles. The predicted molar refractivity (Wildman–Crippen MR) is 107 cm³/mol. The van der Waals surface area contributed by atoms with Gasteiger partial charge in [0.2, 0.25) is 5.91 Å². The fourth-order valence-corrected chi connectivity index (χ4v) is 4.00. The van der Waals surface area contributed by atoms with Crippen LogP contribution in [0, 0.1) is 17.8 Å². The van der Waals surface area contributed by atoms with Gasteiger partial charge >= 0.3 is 5.97 Å². The summed E-state index contributed by atoms with van der Waals surface area (Å²) in [5, 5.41) is 19.2. The minimum atomic E-state index is -0.899. The number of thiophene rings is 1. The zero-order valence-electron chi connectivity index (χ0n) is 15.9. The van der Waals surface area contributed by atoms with Crippen LogP contribution in [-0.2, 0) is 11.2 Å². The molecule has 146 valence electrons. The Labute approximate surface area is 164 Å². The van der Waals surface area contributed by atoms with Gasteiger partial charge < -0.3 is 15.1 Å². The normalized spacial score (nSPS) is 19.1. The molecule has 1 aliphatic rings. The molecule has 0 saturated carbocycles. The molecule has 1 aromatic rings. The van der Waals surface area contributed by atoms with Gasteiger partial charge in [-0.2, -0.15) is 0 Å². The van der Waals surface area contributed by atoms with Crippen molar-refractivity contribution < 1.29 is 19.8 Å². The second kappa shape index (κ2) is 10.3. The van der Waals surface area contributed by atoms with Crippen LogP contribution in [0.1, 0.15) is 54.1 Å². The maximum atomic E-state index is 12.2. The topological polar surface area (TPSA) is 77.8 Å². The van der Waals surface area contributed by atoms with Crippen molar-refractivity contribution in [3.63, 3.8) is 0 Å². The van der Waals surface area contributed by atoms with Crippen LogP contribution in [0.15, 0.2) is 24.3 Å². The molecular weight excluding hydrogens is 362 g/mol. The number of carbonyl (C=O) groups excluding carboxylic acids is 1. The number of likely N-dealkylation sites (tertiary alicyclic amines) is 1. The third kappa shape index (κ3) is 6.23. The van der Waals surface area contributed by atoms with Gasteiger partial charge in [0.1, 0.15) is 4.88 Å². The highest BCUT2D eigenvalue weighted by Gasteiger charge is 2.28. The van der Waals surface area contributed by atoms with Crippen molar-refractivity contribution in [1.82, 2.24) is 4.90 Å². The molecule has 0 unspecified atom stereocenters. The summed E-state index contributed by atoms with van der Waals surface area (Å²) in [7, 11) is 0. The molecule has 1 aromatic heterocycles. The van der Waals surface area contributed by atoms with Gasteiger partial charge in [0.05, 0.1) is 12.1 Å². The molecule has 1 aliphatic heterocycles. The molecule has 0 bridgehead atoms. The third-order valence-corrected chi connectivity index (χ3v) is 5.92. The van der Waals surface area contributed by atoms with Gasteiger partial charge in [0, 0.05) is 24.3 Å². The summed E-state index contributed by atoms with van der Waals surface area (Å²) in [5.74, 6) is 5.12. The van der Waals surface area contributed by atoms with Crippen LogP contribution in [-0.4, -0.2) is 45.7 Å². The Balaban J connectivity index is 1.86. The van der Waals surface area contributed by atoms with Crippen LogP contribution >= 0.6 is 11.3 Å². The standard InChI is InChI=1S/C21H27NO4S/c1-3-4-6-15(2)18(23)11-8-16-9-13-20(24)22(16)14-5-7-17-10-12-19(27-17)21(25)26/h8,10-12,15-16,18,23H,5-7,9,13-14H2,1-2H3,(H,25,26)/b11-8+/t15-,16-,18+/m0/s1. The van der Waals surface area contributed by atoms with Crippen molar-refractivity contribution in [1.29, 1.82) is 0 Å². The van der Waals surface area contributed by atoms with E-state index in [0.29, 0.717) is 24.3 Å². The molecule has 3 atom stereocenters. The number of carboxylic acids is 1. The summed E-state index contributed by atoms with van der Waals surface area (Å²) < 4.78 is 0. The number of rotatable bonds is 9. The van der Waals surface area contributed by atoms with Crippen LogP contribution in [0.2, 0.25) is 0 Å². The van der Waals surface area contributed by atoms with Crippen molar-refractivity contribution in [3.05, 3.63) is 34.0 Å². The van der Waals surface area contributed by atoms with Gasteiger partial charge in [0.25, 0.3) is 0 Å². The molecule has 2 N–H and O–H groups in total. The number of aliphatic hydroxyl groups excluding tert-OH is 1. The number of aromatic carboxylic acids is 1. The highest BCUT2D eigenvalue weighted by atomic mass is 32.1. The number of hydrogen-bond donors (Lipinski definition) is 2. The monoisotopic (exact) mass is 389 g/mol. The fourth-order valence-electron chi connectivity index (χ4n) is 3.11. The molecule has 2 rings (SSSR count). The lowest BCUT2D eigenvalue weighted by atomic mass is 10.00. The van der Waals surface area contributed by atoms with Gasteiger partial charge in [-0.1, -0.05) is 19.1 Å². The first-order valence-electron chi connectivity index (χ1n) is 9.29. The van der Waals surface area contributed by atoms with E-state index in [0.717, 1.165) is 24.1 Å². The van der Waals surface area contributed by atoms with Crippen LogP contribution in [0.3, 0.4) is 0 Å². The Morgan fingerprint density at radius 1 is 1.48 bits per heavy atom. The third-order valence-electron chi connectivity index (χ3n) is 4.78. The molecule has 0 aromatic carbocycles. The van der Waals surface area contributed by atoms with Crippen LogP contribution < -0.4 is 0 Å². The lowest BCUT2D eigenvalue weighted by molar-refractivity contribution is -0.128. The Morgan fingerprint density at radius 2 is 2.26 bits per heavy atom. The molecule has 1 saturated heterocycles. The largest absolute Gasteiger partial charge is 0.477 e. The lowest BCUT2D eigenvalue weighted by Crippen LogP contribution is -2.33. The van der Waals surface area contributed by atoms with E-state index in [2.05, 4.69) is 11.8 Å². The second-order valence-corrected chi connectivity index (χ2v) is 8.02. The van der Waals surface area contributed by atoms with E-state index >= 15 is 0 Å². The average molecular weight is 390 g/mol. The Kier molecular flexibility index (Phi) is 8.08. The van der Waals surface area contributed by atoms with E-state index < -0.39 is 12.1 Å². The van der Waals surface area contributed by atoms with E-state index in [9.17, 15) is 14.7 Å². The zero-order valence-corrected chi connectivity index (χ0v) is 16.7. The SMILES string of the molecule is CC#CC[C@H](C)[C@H](O)/C=C/[C@H]1CCC(=O)N1CCCc1ccc(C(=O)O)s1. The number of carboxylic acid groups (broad SMARTS) is 1. The highest BCUT2D eigenvalue weighted by Crippen LogP contribution is 2.23. The minimum absolute atomic E-state index is 0.0227. The maximum Gasteiger partial charge on any atom is 0.345 e. The first-order chi connectivity index (χ1) is 12.9. The number of aryl methyl sites for hydroxylation is 1. The molecule has 0 radical (unpaired) electrons. The molecule has 1 fully saturated rings. The van der Waals surface area contributed by atoms with Gasteiger partial charge in [-0.25, -0.2) is 4.79 Å². The van der Waals surface area contributed by atoms with Crippen LogP contribution in [0.25, 0.3) is 0 Å². The summed E-state index contributed by atoms with van der Waals surface area (Å²) in [6.07, 6.45) is 6.67. The Bertz CT molecular complexity index is 743. The van der Waals surface area contributed by atoms with Gasteiger partial charge in [-0.15, -0.1) is 23.2 Å². The molecule has 0 spiro atoms. The van der Waals surface area contributed by atoms with E-state index in [4.69, 9.17) is 5.11 Å². The van der Waals surface area contributed by atoms with Crippen molar-refractivity contribution in [3.8, 4) is 11.8 Å². The van der Waals surface area contributed by atoms with Gasteiger partial charge in [-0.3, -0.25) is 4.79 Å². The Morgan fingerprint density at radius 3 is 2.93 bits per heavy atom. The smallest absolute Gasteiger partial charge is 0.345 e. The van der Waals surface area contributed by atoms with Gasteiger partial charge in [0.15, 0.2) is 0 Å². The fraction of sp³-hybridized carbons (Fsp3) is 0.524.